The van der Waals surface area contributed by atoms with Crippen LogP contribution < -0.4 is 5.32 Å². The van der Waals surface area contributed by atoms with Crippen molar-refractivity contribution in [1.29, 1.82) is 0 Å². The summed E-state index contributed by atoms with van der Waals surface area (Å²) in [5, 5.41) is 3.51. The number of ether oxygens (including phenoxy) is 1. The molecule has 2 saturated heterocycles. The summed E-state index contributed by atoms with van der Waals surface area (Å²) in [6.07, 6.45) is 4.55. The first-order valence-corrected chi connectivity index (χ1v) is 12.5. The van der Waals surface area contributed by atoms with Crippen molar-refractivity contribution in [3.63, 3.8) is 0 Å². The van der Waals surface area contributed by atoms with E-state index in [-0.39, 0.29) is 30.1 Å². The standard InChI is InChI=1S/C24H47N5O2.HI/c1-7-25-22(26-17-21-11-10-14-27(8-2)18-21)29-15-12-20(13-16-29)19-28(9-3)23(30)31-24(4,5)6;/h20-21H,7-19H2,1-6H3,(H,25,26);1H. The second kappa shape index (κ2) is 14.5. The molecule has 0 saturated carbocycles. The number of rotatable bonds is 7. The van der Waals surface area contributed by atoms with Crippen LogP contribution >= 0.6 is 24.0 Å². The zero-order valence-electron chi connectivity index (χ0n) is 21.4. The maximum atomic E-state index is 12.5. The van der Waals surface area contributed by atoms with Crippen molar-refractivity contribution in [2.75, 3.05) is 58.9 Å². The van der Waals surface area contributed by atoms with Gasteiger partial charge in [0, 0.05) is 45.8 Å². The Morgan fingerprint density at radius 3 is 2.34 bits per heavy atom. The first kappa shape index (κ1) is 29.3. The molecule has 1 atom stereocenters. The van der Waals surface area contributed by atoms with Gasteiger partial charge in [0.05, 0.1) is 0 Å². The van der Waals surface area contributed by atoms with E-state index >= 15 is 0 Å². The SMILES string of the molecule is CCNC(=NCC1CCCN(CC)C1)N1CCC(CN(CC)C(=O)OC(C)(C)C)CC1.I. The molecule has 2 aliphatic heterocycles. The third-order valence-corrected chi connectivity index (χ3v) is 6.31. The molecule has 0 bridgehead atoms. The summed E-state index contributed by atoms with van der Waals surface area (Å²) in [6.45, 7) is 21.0. The lowest BCUT2D eigenvalue weighted by Crippen LogP contribution is -2.48. The molecule has 0 aromatic heterocycles. The Balaban J connectivity index is 0.00000512. The number of halogens is 1. The van der Waals surface area contributed by atoms with Crippen LogP contribution in [-0.2, 0) is 4.74 Å². The minimum absolute atomic E-state index is 0. The maximum Gasteiger partial charge on any atom is 0.410 e. The molecule has 0 aromatic carbocycles. The monoisotopic (exact) mass is 565 g/mol. The lowest BCUT2D eigenvalue weighted by Gasteiger charge is -2.37. The number of carbonyl (C=O) groups is 1. The number of hydrogen-bond donors (Lipinski definition) is 1. The summed E-state index contributed by atoms with van der Waals surface area (Å²) in [7, 11) is 0. The van der Waals surface area contributed by atoms with Crippen LogP contribution in [0.2, 0.25) is 0 Å². The predicted molar refractivity (Wildman–Crippen MR) is 144 cm³/mol. The lowest BCUT2D eigenvalue weighted by molar-refractivity contribution is 0.0214. The molecule has 7 nitrogen and oxygen atoms in total. The largest absolute Gasteiger partial charge is 0.444 e. The number of piperidine rings is 2. The minimum atomic E-state index is -0.447. The van der Waals surface area contributed by atoms with Crippen LogP contribution in [0.3, 0.4) is 0 Å². The molecule has 188 valence electrons. The van der Waals surface area contributed by atoms with Crippen molar-refractivity contribution in [2.24, 2.45) is 16.8 Å². The number of likely N-dealkylation sites (tertiary alicyclic amines) is 2. The Labute approximate surface area is 213 Å². The van der Waals surface area contributed by atoms with Crippen molar-refractivity contribution in [1.82, 2.24) is 20.0 Å². The molecular weight excluding hydrogens is 517 g/mol. The molecule has 0 aromatic rings. The first-order valence-electron chi connectivity index (χ1n) is 12.5. The fourth-order valence-corrected chi connectivity index (χ4v) is 4.53. The van der Waals surface area contributed by atoms with E-state index in [1.54, 1.807) is 0 Å². The predicted octanol–water partition coefficient (Wildman–Crippen LogP) is 4.27. The number of amides is 1. The molecule has 0 aliphatic carbocycles. The third-order valence-electron chi connectivity index (χ3n) is 6.31. The van der Waals surface area contributed by atoms with Gasteiger partial charge in [-0.3, -0.25) is 4.99 Å². The Bertz CT molecular complexity index is 573. The number of aliphatic imine (C=N–C) groups is 1. The van der Waals surface area contributed by atoms with Gasteiger partial charge in [-0.15, -0.1) is 24.0 Å². The van der Waals surface area contributed by atoms with Gasteiger partial charge in [0.2, 0.25) is 0 Å². The highest BCUT2D eigenvalue weighted by atomic mass is 127. The van der Waals surface area contributed by atoms with Gasteiger partial charge >= 0.3 is 6.09 Å². The fourth-order valence-electron chi connectivity index (χ4n) is 4.53. The Morgan fingerprint density at radius 2 is 1.78 bits per heavy atom. The molecule has 8 heteroatoms. The molecule has 1 unspecified atom stereocenters. The number of nitrogens with one attached hydrogen (secondary N) is 1. The summed E-state index contributed by atoms with van der Waals surface area (Å²) in [4.78, 5) is 24.3. The normalized spacial score (nSPS) is 21.1. The van der Waals surface area contributed by atoms with Crippen molar-refractivity contribution in [3.05, 3.63) is 0 Å². The Hall–Kier alpha value is -0.770. The summed E-state index contributed by atoms with van der Waals surface area (Å²) in [5.74, 6) is 2.25. The third kappa shape index (κ3) is 10.0. The molecule has 2 rings (SSSR count). The van der Waals surface area contributed by atoms with Gasteiger partial charge in [-0.25, -0.2) is 4.79 Å². The fraction of sp³-hybridized carbons (Fsp3) is 0.917. The van der Waals surface area contributed by atoms with Gasteiger partial charge in [0.25, 0.3) is 0 Å². The summed E-state index contributed by atoms with van der Waals surface area (Å²) in [6, 6.07) is 0. The van der Waals surface area contributed by atoms with Gasteiger partial charge in [0.1, 0.15) is 5.60 Å². The Morgan fingerprint density at radius 1 is 1.09 bits per heavy atom. The molecule has 1 N–H and O–H groups in total. The van der Waals surface area contributed by atoms with Crippen LogP contribution in [-0.4, -0.2) is 91.3 Å². The lowest BCUT2D eigenvalue weighted by atomic mass is 9.96. The quantitative estimate of drug-likeness (QED) is 0.284. The van der Waals surface area contributed by atoms with E-state index in [1.807, 2.05) is 32.6 Å². The second-order valence-corrected chi connectivity index (χ2v) is 10.0. The van der Waals surface area contributed by atoms with E-state index < -0.39 is 5.60 Å². The molecule has 32 heavy (non-hydrogen) atoms. The molecule has 0 spiro atoms. The number of guanidine groups is 1. The topological polar surface area (TPSA) is 60.4 Å². The van der Waals surface area contributed by atoms with Crippen molar-refractivity contribution >= 4 is 36.0 Å². The summed E-state index contributed by atoms with van der Waals surface area (Å²) in [5.41, 5.74) is -0.447. The van der Waals surface area contributed by atoms with E-state index in [0.29, 0.717) is 18.4 Å². The molecule has 2 heterocycles. The molecular formula is C24H48IN5O2. The van der Waals surface area contributed by atoms with Crippen LogP contribution in [0, 0.1) is 11.8 Å². The van der Waals surface area contributed by atoms with Crippen LogP contribution in [0.1, 0.15) is 67.2 Å². The Kier molecular flexibility index (Phi) is 13.2. The first-order chi connectivity index (χ1) is 14.8. The van der Waals surface area contributed by atoms with Crippen LogP contribution in [0.15, 0.2) is 4.99 Å². The second-order valence-electron chi connectivity index (χ2n) is 10.0. The summed E-state index contributed by atoms with van der Waals surface area (Å²) < 4.78 is 5.57. The number of carbonyl (C=O) groups excluding carboxylic acids is 1. The average molecular weight is 566 g/mol. The van der Waals surface area contributed by atoms with Gasteiger partial charge in [-0.05, 0) is 85.2 Å². The molecule has 0 radical (unpaired) electrons. The van der Waals surface area contributed by atoms with Gasteiger partial charge in [-0.2, -0.15) is 0 Å². The van der Waals surface area contributed by atoms with Crippen molar-refractivity contribution in [2.45, 2.75) is 72.8 Å². The zero-order chi connectivity index (χ0) is 22.9. The number of nitrogens with zero attached hydrogens (tertiary/aromatic N) is 4. The van der Waals surface area contributed by atoms with E-state index in [2.05, 4.69) is 29.0 Å². The van der Waals surface area contributed by atoms with E-state index in [9.17, 15) is 4.79 Å². The highest BCUT2D eigenvalue weighted by Gasteiger charge is 2.27. The van der Waals surface area contributed by atoms with Gasteiger partial charge in [-0.1, -0.05) is 6.92 Å². The molecule has 2 fully saturated rings. The van der Waals surface area contributed by atoms with Crippen LogP contribution in [0.4, 0.5) is 4.79 Å². The van der Waals surface area contributed by atoms with E-state index in [1.165, 1.54) is 25.9 Å². The summed E-state index contributed by atoms with van der Waals surface area (Å²) >= 11 is 0. The van der Waals surface area contributed by atoms with Crippen LogP contribution in [0.5, 0.6) is 0 Å². The van der Waals surface area contributed by atoms with Gasteiger partial charge < -0.3 is 24.8 Å². The molecule has 1 amide bonds. The van der Waals surface area contributed by atoms with E-state index in [4.69, 9.17) is 9.73 Å². The zero-order valence-corrected chi connectivity index (χ0v) is 23.7. The number of hydrogen-bond acceptors (Lipinski definition) is 4. The smallest absolute Gasteiger partial charge is 0.410 e. The minimum Gasteiger partial charge on any atom is -0.444 e. The van der Waals surface area contributed by atoms with Crippen LogP contribution in [0.25, 0.3) is 0 Å². The highest BCUT2D eigenvalue weighted by Crippen LogP contribution is 2.21. The van der Waals surface area contributed by atoms with Gasteiger partial charge in [0.15, 0.2) is 5.96 Å². The maximum absolute atomic E-state index is 12.5. The average Bonchev–Trinajstić information content (AvgIpc) is 2.74. The highest BCUT2D eigenvalue weighted by molar-refractivity contribution is 14.0. The van der Waals surface area contributed by atoms with E-state index in [0.717, 1.165) is 58.1 Å². The molecule has 2 aliphatic rings. The van der Waals surface area contributed by atoms with Crippen molar-refractivity contribution in [3.8, 4) is 0 Å². The van der Waals surface area contributed by atoms with Crippen molar-refractivity contribution < 1.29 is 9.53 Å².